The molecule has 19 heavy (non-hydrogen) atoms. The largest absolute Gasteiger partial charge is 0.497 e. The second-order valence-corrected chi connectivity index (χ2v) is 4.41. The van der Waals surface area contributed by atoms with E-state index in [1.807, 2.05) is 59.0 Å². The molecule has 4 heteroatoms. The highest BCUT2D eigenvalue weighted by molar-refractivity contribution is 5.58. The van der Waals surface area contributed by atoms with Gasteiger partial charge in [-0.1, -0.05) is 0 Å². The molecule has 0 spiro atoms. The number of hydrogen-bond acceptors (Lipinski definition) is 2. The van der Waals surface area contributed by atoms with Crippen LogP contribution in [0.2, 0.25) is 0 Å². The van der Waals surface area contributed by atoms with Gasteiger partial charge >= 0.3 is 0 Å². The van der Waals surface area contributed by atoms with E-state index < -0.39 is 0 Å². The Bertz CT molecular complexity index is 679. The highest BCUT2D eigenvalue weighted by Crippen LogP contribution is 2.19. The molecule has 3 rings (SSSR count). The van der Waals surface area contributed by atoms with E-state index in [-0.39, 0.29) is 0 Å². The SMILES string of the molecule is COc1ccc(-n2ccc(-c3ccn(C)c3)n2)cc1. The molecule has 0 unspecified atom stereocenters. The Morgan fingerprint density at radius 3 is 2.42 bits per heavy atom. The third-order valence-corrected chi connectivity index (χ3v) is 3.05. The molecule has 0 aliphatic carbocycles. The predicted octanol–water partition coefficient (Wildman–Crippen LogP) is 2.89. The van der Waals surface area contributed by atoms with Gasteiger partial charge in [0.1, 0.15) is 5.75 Å². The van der Waals surface area contributed by atoms with Gasteiger partial charge in [0.25, 0.3) is 0 Å². The molecule has 2 aromatic heterocycles. The van der Waals surface area contributed by atoms with Crippen molar-refractivity contribution in [2.24, 2.45) is 7.05 Å². The van der Waals surface area contributed by atoms with Crippen molar-refractivity contribution in [3.63, 3.8) is 0 Å². The lowest BCUT2D eigenvalue weighted by atomic mass is 10.2. The minimum absolute atomic E-state index is 0.846. The summed E-state index contributed by atoms with van der Waals surface area (Å²) >= 11 is 0. The number of rotatable bonds is 3. The summed E-state index contributed by atoms with van der Waals surface area (Å²) in [4.78, 5) is 0. The Morgan fingerprint density at radius 2 is 1.79 bits per heavy atom. The molecule has 3 aromatic rings. The van der Waals surface area contributed by atoms with Gasteiger partial charge in [-0.3, -0.25) is 0 Å². The van der Waals surface area contributed by atoms with Gasteiger partial charge in [-0.2, -0.15) is 5.10 Å². The smallest absolute Gasteiger partial charge is 0.119 e. The Morgan fingerprint density at radius 1 is 1.00 bits per heavy atom. The number of aryl methyl sites for hydroxylation is 1. The van der Waals surface area contributed by atoms with Crippen LogP contribution < -0.4 is 4.74 Å². The van der Waals surface area contributed by atoms with Gasteiger partial charge in [-0.25, -0.2) is 4.68 Å². The predicted molar refractivity (Wildman–Crippen MR) is 74.5 cm³/mol. The van der Waals surface area contributed by atoms with Crippen molar-refractivity contribution >= 4 is 0 Å². The first kappa shape index (κ1) is 11.6. The third kappa shape index (κ3) is 2.25. The van der Waals surface area contributed by atoms with E-state index in [2.05, 4.69) is 17.4 Å². The molecule has 1 aromatic carbocycles. The lowest BCUT2D eigenvalue weighted by Crippen LogP contribution is -1.94. The van der Waals surface area contributed by atoms with Gasteiger partial charge in [0.2, 0.25) is 0 Å². The van der Waals surface area contributed by atoms with Crippen LogP contribution >= 0.6 is 0 Å². The van der Waals surface area contributed by atoms with Crippen LogP contribution in [-0.2, 0) is 7.05 Å². The summed E-state index contributed by atoms with van der Waals surface area (Å²) in [6, 6.07) is 11.9. The number of methoxy groups -OCH3 is 1. The van der Waals surface area contributed by atoms with Crippen LogP contribution in [0.5, 0.6) is 5.75 Å². The Balaban J connectivity index is 1.91. The highest BCUT2D eigenvalue weighted by atomic mass is 16.5. The van der Waals surface area contributed by atoms with Crippen LogP contribution in [0, 0.1) is 0 Å². The quantitative estimate of drug-likeness (QED) is 0.719. The zero-order chi connectivity index (χ0) is 13.2. The molecule has 0 fully saturated rings. The van der Waals surface area contributed by atoms with Gasteiger partial charge in [-0.15, -0.1) is 0 Å². The van der Waals surface area contributed by atoms with Gasteiger partial charge < -0.3 is 9.30 Å². The summed E-state index contributed by atoms with van der Waals surface area (Å²) in [6.07, 6.45) is 6.03. The molecule has 0 saturated carbocycles. The minimum Gasteiger partial charge on any atom is -0.497 e. The van der Waals surface area contributed by atoms with Crippen molar-refractivity contribution in [1.82, 2.24) is 14.3 Å². The van der Waals surface area contributed by atoms with Crippen LogP contribution in [0.3, 0.4) is 0 Å². The lowest BCUT2D eigenvalue weighted by Gasteiger charge is -2.03. The topological polar surface area (TPSA) is 32.0 Å². The molecule has 2 heterocycles. The molecular formula is C15H15N3O. The van der Waals surface area contributed by atoms with Gasteiger partial charge in [0, 0.05) is 31.2 Å². The summed E-state index contributed by atoms with van der Waals surface area (Å²) in [7, 11) is 3.67. The first-order chi connectivity index (χ1) is 9.26. The first-order valence-electron chi connectivity index (χ1n) is 6.09. The number of ether oxygens (including phenoxy) is 1. The Labute approximate surface area is 111 Å². The molecule has 0 bridgehead atoms. The average molecular weight is 253 g/mol. The van der Waals surface area contributed by atoms with Crippen molar-refractivity contribution < 1.29 is 4.74 Å². The summed E-state index contributed by atoms with van der Waals surface area (Å²) in [6.45, 7) is 0. The van der Waals surface area contributed by atoms with Crippen LogP contribution in [-0.4, -0.2) is 21.5 Å². The van der Waals surface area contributed by atoms with Crippen molar-refractivity contribution in [2.45, 2.75) is 0 Å². The highest BCUT2D eigenvalue weighted by Gasteiger charge is 2.04. The second kappa shape index (κ2) is 4.65. The second-order valence-electron chi connectivity index (χ2n) is 4.41. The summed E-state index contributed by atoms with van der Waals surface area (Å²) in [5, 5.41) is 4.58. The van der Waals surface area contributed by atoms with Crippen LogP contribution in [0.1, 0.15) is 0 Å². The van der Waals surface area contributed by atoms with Crippen molar-refractivity contribution in [3.05, 3.63) is 55.0 Å². The van der Waals surface area contributed by atoms with E-state index in [0.29, 0.717) is 0 Å². The van der Waals surface area contributed by atoms with E-state index in [0.717, 1.165) is 22.7 Å². The Kier molecular flexibility index (Phi) is 2.83. The van der Waals surface area contributed by atoms with Crippen molar-refractivity contribution in [2.75, 3.05) is 7.11 Å². The minimum atomic E-state index is 0.846. The maximum Gasteiger partial charge on any atom is 0.119 e. The van der Waals surface area contributed by atoms with Gasteiger partial charge in [0.05, 0.1) is 18.5 Å². The van der Waals surface area contributed by atoms with E-state index in [4.69, 9.17) is 4.74 Å². The molecular weight excluding hydrogens is 238 g/mol. The lowest BCUT2D eigenvalue weighted by molar-refractivity contribution is 0.414. The standard InChI is InChI=1S/C15H15N3O/c1-17-9-7-12(11-17)15-8-10-18(16-15)13-3-5-14(19-2)6-4-13/h3-11H,1-2H3. The molecule has 0 saturated heterocycles. The van der Waals surface area contributed by atoms with E-state index in [1.54, 1.807) is 7.11 Å². The fourth-order valence-electron chi connectivity index (χ4n) is 2.01. The number of hydrogen-bond donors (Lipinski definition) is 0. The van der Waals surface area contributed by atoms with E-state index >= 15 is 0 Å². The van der Waals surface area contributed by atoms with Crippen LogP contribution in [0.15, 0.2) is 55.0 Å². The normalized spacial score (nSPS) is 10.6. The number of nitrogens with zero attached hydrogens (tertiary/aromatic N) is 3. The molecule has 4 nitrogen and oxygen atoms in total. The summed E-state index contributed by atoms with van der Waals surface area (Å²) < 4.78 is 9.03. The van der Waals surface area contributed by atoms with Crippen molar-refractivity contribution in [3.8, 4) is 22.7 Å². The van der Waals surface area contributed by atoms with Crippen LogP contribution in [0.4, 0.5) is 0 Å². The molecule has 0 radical (unpaired) electrons. The molecule has 0 aliphatic heterocycles. The van der Waals surface area contributed by atoms with Gasteiger partial charge in [0.15, 0.2) is 0 Å². The summed E-state index contributed by atoms with van der Waals surface area (Å²) in [5.74, 6) is 0.846. The maximum atomic E-state index is 5.15. The molecule has 96 valence electrons. The zero-order valence-electron chi connectivity index (χ0n) is 10.9. The zero-order valence-corrected chi connectivity index (χ0v) is 10.9. The number of benzene rings is 1. The molecule has 0 aliphatic rings. The number of aromatic nitrogens is 3. The van der Waals surface area contributed by atoms with Crippen LogP contribution in [0.25, 0.3) is 16.9 Å². The van der Waals surface area contributed by atoms with Gasteiger partial charge in [-0.05, 0) is 36.4 Å². The molecule has 0 N–H and O–H groups in total. The third-order valence-electron chi connectivity index (χ3n) is 3.05. The monoisotopic (exact) mass is 253 g/mol. The summed E-state index contributed by atoms with van der Waals surface area (Å²) in [5.41, 5.74) is 3.11. The fraction of sp³-hybridized carbons (Fsp3) is 0.133. The molecule has 0 amide bonds. The van der Waals surface area contributed by atoms with E-state index in [1.165, 1.54) is 0 Å². The van der Waals surface area contributed by atoms with Crippen molar-refractivity contribution in [1.29, 1.82) is 0 Å². The average Bonchev–Trinajstić information content (AvgIpc) is 3.07. The Hall–Kier alpha value is -2.49. The van der Waals surface area contributed by atoms with E-state index in [9.17, 15) is 0 Å². The molecule has 0 atom stereocenters. The maximum absolute atomic E-state index is 5.15. The fourth-order valence-corrected chi connectivity index (χ4v) is 2.01. The first-order valence-corrected chi connectivity index (χ1v) is 6.09.